The molecule has 0 heterocycles. The van der Waals surface area contributed by atoms with E-state index in [1.165, 1.54) is 78.0 Å². The summed E-state index contributed by atoms with van der Waals surface area (Å²) in [5.41, 5.74) is 9.35. The molecule has 0 nitrogen and oxygen atoms in total. The first-order valence-corrected chi connectivity index (χ1v) is 10.3. The van der Waals surface area contributed by atoms with Crippen molar-refractivity contribution in [1.82, 2.24) is 0 Å². The van der Waals surface area contributed by atoms with Crippen LogP contribution in [-0.4, -0.2) is 0 Å². The van der Waals surface area contributed by atoms with Gasteiger partial charge in [0.15, 0.2) is 0 Å². The van der Waals surface area contributed by atoms with Crippen molar-refractivity contribution in [3.8, 4) is 11.1 Å². The molecule has 0 amide bonds. The summed E-state index contributed by atoms with van der Waals surface area (Å²) in [6.07, 6.45) is 9.55. The second kappa shape index (κ2) is 5.98. The molecule has 2 aliphatic carbocycles. The summed E-state index contributed by atoms with van der Waals surface area (Å²) in [7, 11) is 0. The van der Waals surface area contributed by atoms with E-state index in [1.807, 2.05) is 0 Å². The third-order valence-electron chi connectivity index (χ3n) is 6.93. The van der Waals surface area contributed by atoms with E-state index in [4.69, 9.17) is 0 Å². The average Bonchev–Trinajstić information content (AvgIpc) is 2.88. The maximum Gasteiger partial charge on any atom is 0.0215 e. The minimum absolute atomic E-state index is 0.242. The first-order valence-electron chi connectivity index (χ1n) is 10.3. The highest BCUT2D eigenvalue weighted by molar-refractivity contribution is 6.04. The molecule has 1 fully saturated rings. The quantitative estimate of drug-likeness (QED) is 0.398. The molecular formula is C26H28. The van der Waals surface area contributed by atoms with Gasteiger partial charge < -0.3 is 0 Å². The zero-order chi connectivity index (χ0) is 17.7. The van der Waals surface area contributed by atoms with Crippen LogP contribution in [0, 0.1) is 13.8 Å². The summed E-state index contributed by atoms with van der Waals surface area (Å²) in [4.78, 5) is 0. The molecule has 3 aromatic rings. The fourth-order valence-electron chi connectivity index (χ4n) is 5.69. The topological polar surface area (TPSA) is 0 Å². The standard InChI is InChI=1S/C26H28/c1-18-12-13-22-23(16-18)26(14-8-4-3-5-9-15-26)24-17-19(2)20-10-6-7-11-21(20)25(22)24/h6-7,10-13,16-17H,3-5,8-9,14-15H2,1-2H3. The maximum absolute atomic E-state index is 2.54. The van der Waals surface area contributed by atoms with Crippen LogP contribution in [0.25, 0.3) is 21.9 Å². The molecule has 2 aliphatic rings. The molecule has 3 aromatic carbocycles. The van der Waals surface area contributed by atoms with Gasteiger partial charge in [-0.15, -0.1) is 0 Å². The van der Waals surface area contributed by atoms with Crippen LogP contribution in [0.1, 0.15) is 67.2 Å². The van der Waals surface area contributed by atoms with E-state index in [0.717, 1.165) is 0 Å². The summed E-state index contributed by atoms with van der Waals surface area (Å²) >= 11 is 0. The Labute approximate surface area is 157 Å². The Hall–Kier alpha value is -2.08. The fraction of sp³-hybridized carbons (Fsp3) is 0.385. The number of hydrogen-bond donors (Lipinski definition) is 0. The van der Waals surface area contributed by atoms with Crippen molar-refractivity contribution in [2.24, 2.45) is 0 Å². The molecule has 0 aliphatic heterocycles. The van der Waals surface area contributed by atoms with Crippen molar-refractivity contribution in [3.63, 3.8) is 0 Å². The average molecular weight is 341 g/mol. The Morgan fingerprint density at radius 2 is 1.38 bits per heavy atom. The Balaban J connectivity index is 1.87. The molecule has 1 spiro atoms. The largest absolute Gasteiger partial charge is 0.0616 e. The molecule has 0 bridgehead atoms. The first kappa shape index (κ1) is 16.1. The van der Waals surface area contributed by atoms with Gasteiger partial charge in [-0.3, -0.25) is 0 Å². The smallest absolute Gasteiger partial charge is 0.0215 e. The summed E-state index contributed by atoms with van der Waals surface area (Å²) < 4.78 is 0. The van der Waals surface area contributed by atoms with E-state index < -0.39 is 0 Å². The zero-order valence-electron chi connectivity index (χ0n) is 16.1. The molecule has 26 heavy (non-hydrogen) atoms. The second-order valence-corrected chi connectivity index (χ2v) is 8.56. The van der Waals surface area contributed by atoms with E-state index in [9.17, 15) is 0 Å². The molecular weight excluding hydrogens is 312 g/mol. The summed E-state index contributed by atoms with van der Waals surface area (Å²) in [5, 5.41) is 2.87. The Bertz CT molecular complexity index is 984. The van der Waals surface area contributed by atoms with Crippen LogP contribution in [0.4, 0.5) is 0 Å². The predicted molar refractivity (Wildman–Crippen MR) is 112 cm³/mol. The van der Waals surface area contributed by atoms with Gasteiger partial charge >= 0.3 is 0 Å². The molecule has 132 valence electrons. The molecule has 0 atom stereocenters. The highest BCUT2D eigenvalue weighted by atomic mass is 14.5. The van der Waals surface area contributed by atoms with Crippen LogP contribution in [0.2, 0.25) is 0 Å². The van der Waals surface area contributed by atoms with Crippen molar-refractivity contribution in [3.05, 3.63) is 70.8 Å². The lowest BCUT2D eigenvalue weighted by atomic mass is 9.69. The van der Waals surface area contributed by atoms with Crippen LogP contribution in [0.15, 0.2) is 48.5 Å². The number of hydrogen-bond acceptors (Lipinski definition) is 0. The molecule has 0 radical (unpaired) electrons. The van der Waals surface area contributed by atoms with Crippen molar-refractivity contribution >= 4 is 10.8 Å². The summed E-state index contributed by atoms with van der Waals surface area (Å²) in [6, 6.07) is 18.8. The number of aryl methyl sites for hydroxylation is 2. The third-order valence-corrected chi connectivity index (χ3v) is 6.93. The van der Waals surface area contributed by atoms with Crippen LogP contribution in [-0.2, 0) is 5.41 Å². The SMILES string of the molecule is Cc1ccc2c(c1)C1(CCCCCCC1)c1cc(C)c3ccccc3c1-2. The van der Waals surface area contributed by atoms with Gasteiger partial charge in [0.2, 0.25) is 0 Å². The lowest BCUT2D eigenvalue weighted by Gasteiger charge is -2.34. The summed E-state index contributed by atoms with van der Waals surface area (Å²) in [6.45, 7) is 4.55. The van der Waals surface area contributed by atoms with Gasteiger partial charge in [-0.2, -0.15) is 0 Å². The molecule has 0 aromatic heterocycles. The predicted octanol–water partition coefficient (Wildman–Crippen LogP) is 7.47. The second-order valence-electron chi connectivity index (χ2n) is 8.56. The van der Waals surface area contributed by atoms with Crippen LogP contribution in [0.5, 0.6) is 0 Å². The van der Waals surface area contributed by atoms with Crippen molar-refractivity contribution in [2.45, 2.75) is 64.2 Å². The van der Waals surface area contributed by atoms with E-state index in [0.29, 0.717) is 0 Å². The number of rotatable bonds is 0. The first-order chi connectivity index (χ1) is 12.7. The Morgan fingerprint density at radius 1 is 0.692 bits per heavy atom. The monoisotopic (exact) mass is 340 g/mol. The Kier molecular flexibility index (Phi) is 3.71. The normalized spacial score (nSPS) is 18.4. The molecule has 5 rings (SSSR count). The van der Waals surface area contributed by atoms with Gasteiger partial charge in [0.05, 0.1) is 0 Å². The van der Waals surface area contributed by atoms with E-state index in [-0.39, 0.29) is 5.41 Å². The lowest BCUT2D eigenvalue weighted by molar-refractivity contribution is 0.373. The van der Waals surface area contributed by atoms with Crippen molar-refractivity contribution in [2.75, 3.05) is 0 Å². The van der Waals surface area contributed by atoms with E-state index in [1.54, 1.807) is 11.1 Å². The maximum atomic E-state index is 2.54. The van der Waals surface area contributed by atoms with Gasteiger partial charge in [0.1, 0.15) is 0 Å². The molecule has 0 saturated heterocycles. The van der Waals surface area contributed by atoms with Crippen LogP contribution in [0.3, 0.4) is 0 Å². The van der Waals surface area contributed by atoms with Crippen LogP contribution < -0.4 is 0 Å². The molecule has 1 saturated carbocycles. The number of benzene rings is 3. The van der Waals surface area contributed by atoms with Gasteiger partial charge in [0.25, 0.3) is 0 Å². The van der Waals surface area contributed by atoms with Crippen molar-refractivity contribution in [1.29, 1.82) is 0 Å². The Morgan fingerprint density at radius 3 is 2.15 bits per heavy atom. The highest BCUT2D eigenvalue weighted by Crippen LogP contribution is 2.57. The molecule has 0 heteroatoms. The summed E-state index contributed by atoms with van der Waals surface area (Å²) in [5.74, 6) is 0. The van der Waals surface area contributed by atoms with Gasteiger partial charge in [0, 0.05) is 5.41 Å². The lowest BCUT2D eigenvalue weighted by Crippen LogP contribution is -2.26. The van der Waals surface area contributed by atoms with Gasteiger partial charge in [-0.1, -0.05) is 86.2 Å². The van der Waals surface area contributed by atoms with Gasteiger partial charge in [-0.05, 0) is 65.3 Å². The number of fused-ring (bicyclic) bond motifs is 7. The molecule has 0 N–H and O–H groups in total. The third kappa shape index (κ3) is 2.21. The minimum Gasteiger partial charge on any atom is -0.0616 e. The highest BCUT2D eigenvalue weighted by Gasteiger charge is 2.43. The molecule has 0 unspecified atom stereocenters. The zero-order valence-corrected chi connectivity index (χ0v) is 16.1. The van der Waals surface area contributed by atoms with E-state index >= 15 is 0 Å². The van der Waals surface area contributed by atoms with Crippen LogP contribution >= 0.6 is 0 Å². The van der Waals surface area contributed by atoms with Crippen molar-refractivity contribution < 1.29 is 0 Å². The minimum atomic E-state index is 0.242. The fourth-order valence-corrected chi connectivity index (χ4v) is 5.69. The van der Waals surface area contributed by atoms with Gasteiger partial charge in [-0.25, -0.2) is 0 Å². The van der Waals surface area contributed by atoms with E-state index in [2.05, 4.69) is 62.4 Å².